The minimum atomic E-state index is -0.292. The monoisotopic (exact) mass is 247 g/mol. The number of anilines is 2. The van der Waals surface area contributed by atoms with Gasteiger partial charge in [0.2, 0.25) is 0 Å². The first-order valence-electron chi connectivity index (χ1n) is 5.69. The van der Waals surface area contributed by atoms with E-state index in [0.29, 0.717) is 0 Å². The lowest BCUT2D eigenvalue weighted by Crippen LogP contribution is -2.14. The largest absolute Gasteiger partial charge is 0.399 e. The molecular weight excluding hydrogens is 230 g/mol. The van der Waals surface area contributed by atoms with Gasteiger partial charge < -0.3 is 20.3 Å². The minimum absolute atomic E-state index is 0.292. The number of aryl methyl sites for hydroxylation is 2. The van der Waals surface area contributed by atoms with Crippen molar-refractivity contribution in [2.24, 2.45) is 0 Å². The Bertz CT molecular complexity index is 500. The molecule has 0 bridgehead atoms. The Hall–Kier alpha value is -2.01. The standard InChI is InChI=1S/C13H17N3O2/c1-8-12(9(2)18-16-8)13(17-3)15-11-6-4-10(14)5-7-11/h4-7,13,15H,14H2,1-3H3. The Morgan fingerprint density at radius 3 is 2.44 bits per heavy atom. The number of rotatable bonds is 4. The van der Waals surface area contributed by atoms with Crippen LogP contribution in [0.4, 0.5) is 11.4 Å². The summed E-state index contributed by atoms with van der Waals surface area (Å²) in [7, 11) is 1.64. The molecule has 0 aliphatic carbocycles. The lowest BCUT2D eigenvalue weighted by molar-refractivity contribution is 0.125. The van der Waals surface area contributed by atoms with Crippen molar-refractivity contribution in [2.75, 3.05) is 18.2 Å². The molecule has 1 aromatic carbocycles. The Morgan fingerprint density at radius 2 is 1.94 bits per heavy atom. The van der Waals surface area contributed by atoms with Gasteiger partial charge in [-0.2, -0.15) is 0 Å². The van der Waals surface area contributed by atoms with Crippen molar-refractivity contribution < 1.29 is 9.26 Å². The first kappa shape index (κ1) is 12.4. The third-order valence-corrected chi connectivity index (χ3v) is 2.79. The van der Waals surface area contributed by atoms with Crippen molar-refractivity contribution in [2.45, 2.75) is 20.1 Å². The molecule has 1 heterocycles. The Morgan fingerprint density at radius 1 is 1.28 bits per heavy atom. The van der Waals surface area contributed by atoms with Crippen molar-refractivity contribution in [3.63, 3.8) is 0 Å². The molecule has 0 saturated carbocycles. The number of benzene rings is 1. The highest BCUT2D eigenvalue weighted by atomic mass is 16.5. The van der Waals surface area contributed by atoms with Gasteiger partial charge in [0.1, 0.15) is 5.76 Å². The topological polar surface area (TPSA) is 73.3 Å². The molecule has 1 atom stereocenters. The number of nitrogens with one attached hydrogen (secondary N) is 1. The fourth-order valence-electron chi connectivity index (χ4n) is 1.84. The number of ether oxygens (including phenoxy) is 1. The van der Waals surface area contributed by atoms with E-state index >= 15 is 0 Å². The number of hydrogen-bond acceptors (Lipinski definition) is 5. The molecule has 0 fully saturated rings. The quantitative estimate of drug-likeness (QED) is 0.641. The Balaban J connectivity index is 2.22. The summed E-state index contributed by atoms with van der Waals surface area (Å²) < 4.78 is 10.6. The van der Waals surface area contributed by atoms with Crippen LogP contribution in [0.5, 0.6) is 0 Å². The van der Waals surface area contributed by atoms with Crippen LogP contribution in [0, 0.1) is 13.8 Å². The predicted molar refractivity (Wildman–Crippen MR) is 70.2 cm³/mol. The van der Waals surface area contributed by atoms with E-state index in [1.54, 1.807) is 7.11 Å². The fraction of sp³-hybridized carbons (Fsp3) is 0.308. The van der Waals surface area contributed by atoms with Crippen molar-refractivity contribution in [1.29, 1.82) is 0 Å². The maximum atomic E-state index is 5.65. The second-order valence-electron chi connectivity index (χ2n) is 4.12. The number of nitrogens with zero attached hydrogens (tertiary/aromatic N) is 1. The molecule has 0 spiro atoms. The van der Waals surface area contributed by atoms with Gasteiger partial charge in [0.05, 0.1) is 11.3 Å². The molecule has 0 saturated heterocycles. The van der Waals surface area contributed by atoms with Crippen LogP contribution in [0.2, 0.25) is 0 Å². The zero-order chi connectivity index (χ0) is 13.1. The molecule has 5 nitrogen and oxygen atoms in total. The summed E-state index contributed by atoms with van der Waals surface area (Å²) in [6.07, 6.45) is -0.292. The van der Waals surface area contributed by atoms with Crippen molar-refractivity contribution in [1.82, 2.24) is 5.16 Å². The molecule has 2 aromatic rings. The second-order valence-corrected chi connectivity index (χ2v) is 4.12. The molecule has 0 aliphatic heterocycles. The lowest BCUT2D eigenvalue weighted by Gasteiger charge is -2.18. The van der Waals surface area contributed by atoms with Crippen LogP contribution in [0.1, 0.15) is 23.2 Å². The highest BCUT2D eigenvalue weighted by molar-refractivity contribution is 5.52. The minimum Gasteiger partial charge on any atom is -0.399 e. The third-order valence-electron chi connectivity index (χ3n) is 2.79. The molecule has 1 aromatic heterocycles. The SMILES string of the molecule is COC(Nc1ccc(N)cc1)c1c(C)noc1C. The normalized spacial score (nSPS) is 12.4. The van der Waals surface area contributed by atoms with E-state index in [0.717, 1.165) is 28.4 Å². The van der Waals surface area contributed by atoms with Crippen LogP contribution in [-0.2, 0) is 4.74 Å². The van der Waals surface area contributed by atoms with Gasteiger partial charge in [0.25, 0.3) is 0 Å². The van der Waals surface area contributed by atoms with Crippen LogP contribution in [0.3, 0.4) is 0 Å². The average molecular weight is 247 g/mol. The van der Waals surface area contributed by atoms with Crippen molar-refractivity contribution in [3.8, 4) is 0 Å². The molecule has 5 heteroatoms. The van der Waals surface area contributed by atoms with Crippen molar-refractivity contribution in [3.05, 3.63) is 41.3 Å². The fourth-order valence-corrected chi connectivity index (χ4v) is 1.84. The number of nitrogen functional groups attached to an aromatic ring is 1. The van der Waals surface area contributed by atoms with Crippen LogP contribution in [0.25, 0.3) is 0 Å². The molecule has 1 unspecified atom stereocenters. The van der Waals surface area contributed by atoms with Gasteiger partial charge in [0, 0.05) is 18.5 Å². The summed E-state index contributed by atoms with van der Waals surface area (Å²) in [5.74, 6) is 0.752. The summed E-state index contributed by atoms with van der Waals surface area (Å²) in [6, 6.07) is 7.48. The summed E-state index contributed by atoms with van der Waals surface area (Å²) in [6.45, 7) is 3.76. The Labute approximate surface area is 106 Å². The highest BCUT2D eigenvalue weighted by Crippen LogP contribution is 2.26. The van der Waals surface area contributed by atoms with E-state index in [-0.39, 0.29) is 6.23 Å². The first-order valence-corrected chi connectivity index (χ1v) is 5.69. The highest BCUT2D eigenvalue weighted by Gasteiger charge is 2.19. The molecule has 3 N–H and O–H groups in total. The van der Waals surface area contributed by atoms with Gasteiger partial charge in [-0.25, -0.2) is 0 Å². The van der Waals surface area contributed by atoms with Gasteiger partial charge in [-0.05, 0) is 38.1 Å². The zero-order valence-corrected chi connectivity index (χ0v) is 10.7. The van der Waals surface area contributed by atoms with Crippen LogP contribution in [-0.4, -0.2) is 12.3 Å². The van der Waals surface area contributed by atoms with Gasteiger partial charge in [0.15, 0.2) is 6.23 Å². The van der Waals surface area contributed by atoms with E-state index in [1.807, 2.05) is 38.1 Å². The van der Waals surface area contributed by atoms with Gasteiger partial charge in [-0.1, -0.05) is 5.16 Å². The van der Waals surface area contributed by atoms with Crippen molar-refractivity contribution >= 4 is 11.4 Å². The number of aromatic nitrogens is 1. The summed E-state index contributed by atoms with van der Waals surface area (Å²) in [5.41, 5.74) is 9.05. The van der Waals surface area contributed by atoms with E-state index < -0.39 is 0 Å². The third kappa shape index (κ3) is 2.46. The smallest absolute Gasteiger partial charge is 0.158 e. The predicted octanol–water partition coefficient (Wildman–Crippen LogP) is 2.63. The molecule has 2 rings (SSSR count). The van der Waals surface area contributed by atoms with E-state index in [1.165, 1.54) is 0 Å². The zero-order valence-electron chi connectivity index (χ0n) is 10.7. The number of nitrogens with two attached hydrogens (primary N) is 1. The summed E-state index contributed by atoms with van der Waals surface area (Å²) in [4.78, 5) is 0. The van der Waals surface area contributed by atoms with E-state index in [2.05, 4.69) is 10.5 Å². The van der Waals surface area contributed by atoms with Crippen LogP contribution >= 0.6 is 0 Å². The molecule has 0 amide bonds. The van der Waals surface area contributed by atoms with Crippen LogP contribution in [0.15, 0.2) is 28.8 Å². The van der Waals surface area contributed by atoms with Gasteiger partial charge >= 0.3 is 0 Å². The molecule has 96 valence electrons. The maximum Gasteiger partial charge on any atom is 0.158 e. The maximum absolute atomic E-state index is 5.65. The van der Waals surface area contributed by atoms with Gasteiger partial charge in [-0.15, -0.1) is 0 Å². The number of methoxy groups -OCH3 is 1. The molecule has 18 heavy (non-hydrogen) atoms. The van der Waals surface area contributed by atoms with Gasteiger partial charge in [-0.3, -0.25) is 0 Å². The Kier molecular flexibility index (Phi) is 3.53. The first-order chi connectivity index (χ1) is 8.61. The molecule has 0 radical (unpaired) electrons. The number of hydrogen-bond donors (Lipinski definition) is 2. The molecule has 0 aliphatic rings. The average Bonchev–Trinajstić information content (AvgIpc) is 2.69. The molecular formula is C13H17N3O2. The lowest BCUT2D eigenvalue weighted by atomic mass is 10.1. The summed E-state index contributed by atoms with van der Waals surface area (Å²) in [5, 5.41) is 7.19. The second kappa shape index (κ2) is 5.10. The van der Waals surface area contributed by atoms with Crippen LogP contribution < -0.4 is 11.1 Å². The van der Waals surface area contributed by atoms with E-state index in [4.69, 9.17) is 15.0 Å². The van der Waals surface area contributed by atoms with E-state index in [9.17, 15) is 0 Å². The summed E-state index contributed by atoms with van der Waals surface area (Å²) >= 11 is 0.